The van der Waals surface area contributed by atoms with Crippen molar-refractivity contribution in [1.29, 1.82) is 0 Å². The molecule has 126 valence electrons. The van der Waals surface area contributed by atoms with E-state index in [0.29, 0.717) is 15.7 Å². The molecule has 6 nitrogen and oxygen atoms in total. The van der Waals surface area contributed by atoms with Gasteiger partial charge in [0.05, 0.1) is 12.8 Å². The highest BCUT2D eigenvalue weighted by molar-refractivity contribution is 7.17. The number of benzene rings is 1. The number of hydrogen-bond acceptors (Lipinski definition) is 5. The first-order valence-electron chi connectivity index (χ1n) is 7.23. The van der Waals surface area contributed by atoms with Gasteiger partial charge in [-0.25, -0.2) is 4.98 Å². The number of anilines is 1. The van der Waals surface area contributed by atoms with Gasteiger partial charge in [-0.2, -0.15) is 0 Å². The summed E-state index contributed by atoms with van der Waals surface area (Å²) in [7, 11) is 4.96. The van der Waals surface area contributed by atoms with Crippen LogP contribution in [0.2, 0.25) is 0 Å². The van der Waals surface area contributed by atoms with Crippen molar-refractivity contribution in [2.45, 2.75) is 6.92 Å². The number of carbonyl (C=O) groups is 2. The molecule has 0 bridgehead atoms. The Morgan fingerprint density at radius 3 is 2.50 bits per heavy atom. The molecule has 1 aromatic heterocycles. The Kier molecular flexibility index (Phi) is 5.70. The monoisotopic (exact) mass is 345 g/mol. The predicted octanol–water partition coefficient (Wildman–Crippen LogP) is 2.81. The fourth-order valence-electron chi connectivity index (χ4n) is 1.89. The van der Waals surface area contributed by atoms with Gasteiger partial charge in [-0.05, 0) is 30.7 Å². The van der Waals surface area contributed by atoms with Gasteiger partial charge in [-0.3, -0.25) is 14.9 Å². The van der Waals surface area contributed by atoms with Crippen LogP contribution in [0, 0.1) is 6.92 Å². The molecule has 1 heterocycles. The lowest BCUT2D eigenvalue weighted by Gasteiger charge is -2.07. The first-order valence-corrected chi connectivity index (χ1v) is 8.04. The zero-order chi connectivity index (χ0) is 17.7. The molecule has 24 heavy (non-hydrogen) atoms. The minimum Gasteiger partial charge on any atom is -0.497 e. The van der Waals surface area contributed by atoms with Gasteiger partial charge in [0.15, 0.2) is 5.13 Å². The van der Waals surface area contributed by atoms with Crippen LogP contribution in [0.1, 0.15) is 20.9 Å². The number of ether oxygens (including phenoxy) is 1. The summed E-state index contributed by atoms with van der Waals surface area (Å²) in [6, 6.07) is 7.34. The van der Waals surface area contributed by atoms with Gasteiger partial charge in [0.1, 0.15) is 10.6 Å². The summed E-state index contributed by atoms with van der Waals surface area (Å²) in [5.41, 5.74) is 1.48. The molecule has 2 rings (SSSR count). The Balaban J connectivity index is 2.03. The van der Waals surface area contributed by atoms with E-state index >= 15 is 0 Å². The third kappa shape index (κ3) is 4.42. The third-order valence-electron chi connectivity index (χ3n) is 3.17. The van der Waals surface area contributed by atoms with Gasteiger partial charge >= 0.3 is 0 Å². The molecule has 0 spiro atoms. The highest BCUT2D eigenvalue weighted by Gasteiger charge is 2.17. The topological polar surface area (TPSA) is 71.5 Å². The summed E-state index contributed by atoms with van der Waals surface area (Å²) in [6.07, 6.45) is 3.12. The largest absolute Gasteiger partial charge is 0.497 e. The summed E-state index contributed by atoms with van der Waals surface area (Å²) in [5, 5.41) is 3.08. The normalized spacial score (nSPS) is 10.7. The summed E-state index contributed by atoms with van der Waals surface area (Å²) in [6.45, 7) is 1.75. The molecule has 0 radical (unpaired) electrons. The first kappa shape index (κ1) is 17.7. The van der Waals surface area contributed by atoms with Crippen molar-refractivity contribution in [2.75, 3.05) is 26.5 Å². The maximum atomic E-state index is 12.0. The summed E-state index contributed by atoms with van der Waals surface area (Å²) in [4.78, 5) is 30.2. The van der Waals surface area contributed by atoms with E-state index < -0.39 is 0 Å². The summed E-state index contributed by atoms with van der Waals surface area (Å²) >= 11 is 1.17. The van der Waals surface area contributed by atoms with Crippen LogP contribution in [0.15, 0.2) is 30.3 Å². The van der Waals surface area contributed by atoms with Crippen LogP contribution in [0.25, 0.3) is 6.08 Å². The number of hydrogen-bond donors (Lipinski definition) is 1. The van der Waals surface area contributed by atoms with Crippen LogP contribution in [-0.2, 0) is 4.79 Å². The van der Waals surface area contributed by atoms with Crippen LogP contribution in [0.3, 0.4) is 0 Å². The molecule has 0 atom stereocenters. The maximum Gasteiger partial charge on any atom is 0.265 e. The second-order valence-electron chi connectivity index (χ2n) is 5.23. The van der Waals surface area contributed by atoms with Crippen molar-refractivity contribution in [2.24, 2.45) is 0 Å². The van der Waals surface area contributed by atoms with E-state index in [2.05, 4.69) is 10.3 Å². The second kappa shape index (κ2) is 7.74. The van der Waals surface area contributed by atoms with Crippen molar-refractivity contribution >= 4 is 34.4 Å². The number of thiazole rings is 1. The SMILES string of the molecule is COc1ccc(/C=C/C(=O)Nc2nc(C)c(C(=O)N(C)C)s2)cc1. The molecule has 2 aromatic rings. The lowest BCUT2D eigenvalue weighted by atomic mass is 10.2. The molecule has 1 N–H and O–H groups in total. The van der Waals surface area contributed by atoms with Crippen LogP contribution in [-0.4, -0.2) is 42.9 Å². The Morgan fingerprint density at radius 2 is 1.92 bits per heavy atom. The molecule has 7 heteroatoms. The molecule has 2 amide bonds. The second-order valence-corrected chi connectivity index (χ2v) is 6.23. The average Bonchev–Trinajstić information content (AvgIpc) is 2.92. The Bertz CT molecular complexity index is 764. The van der Waals surface area contributed by atoms with E-state index in [-0.39, 0.29) is 11.8 Å². The standard InChI is InChI=1S/C17H19N3O3S/c1-11-15(16(22)20(2)3)24-17(18-11)19-14(21)10-7-12-5-8-13(23-4)9-6-12/h5-10H,1-4H3,(H,18,19,21)/b10-7+. The van der Waals surface area contributed by atoms with Crippen LogP contribution in [0.5, 0.6) is 5.75 Å². The van der Waals surface area contributed by atoms with Crippen molar-refractivity contribution in [1.82, 2.24) is 9.88 Å². The Hall–Kier alpha value is -2.67. The van der Waals surface area contributed by atoms with Gasteiger partial charge in [-0.1, -0.05) is 23.5 Å². The summed E-state index contributed by atoms with van der Waals surface area (Å²) in [5.74, 6) is 0.329. The number of methoxy groups -OCH3 is 1. The number of nitrogens with one attached hydrogen (secondary N) is 1. The Morgan fingerprint density at radius 1 is 1.25 bits per heavy atom. The number of aryl methyl sites for hydroxylation is 1. The minimum absolute atomic E-state index is 0.126. The van der Waals surface area contributed by atoms with Crippen LogP contribution < -0.4 is 10.1 Å². The molecular formula is C17H19N3O3S. The number of aromatic nitrogens is 1. The van der Waals surface area contributed by atoms with Crippen molar-refractivity contribution < 1.29 is 14.3 Å². The smallest absolute Gasteiger partial charge is 0.265 e. The number of amides is 2. The molecule has 0 fully saturated rings. The Labute approximate surface area is 144 Å². The van der Waals surface area contributed by atoms with Crippen LogP contribution >= 0.6 is 11.3 Å². The first-order chi connectivity index (χ1) is 11.4. The molecule has 1 aromatic carbocycles. The molecule has 0 saturated heterocycles. The average molecular weight is 345 g/mol. The van der Waals surface area contributed by atoms with Gasteiger partial charge in [0.25, 0.3) is 5.91 Å². The van der Waals surface area contributed by atoms with Crippen LogP contribution in [0.4, 0.5) is 5.13 Å². The van der Waals surface area contributed by atoms with E-state index in [1.165, 1.54) is 22.3 Å². The van der Waals surface area contributed by atoms with E-state index in [1.54, 1.807) is 34.2 Å². The van der Waals surface area contributed by atoms with E-state index in [0.717, 1.165) is 11.3 Å². The highest BCUT2D eigenvalue weighted by atomic mass is 32.1. The zero-order valence-corrected chi connectivity index (χ0v) is 14.8. The number of rotatable bonds is 5. The molecular weight excluding hydrogens is 326 g/mol. The zero-order valence-electron chi connectivity index (χ0n) is 14.0. The van der Waals surface area contributed by atoms with E-state index in [4.69, 9.17) is 4.74 Å². The lowest BCUT2D eigenvalue weighted by Crippen LogP contribution is -2.21. The van der Waals surface area contributed by atoms with Gasteiger partial charge in [0.2, 0.25) is 5.91 Å². The fraction of sp³-hybridized carbons (Fsp3) is 0.235. The van der Waals surface area contributed by atoms with Crippen molar-refractivity contribution in [3.8, 4) is 5.75 Å². The fourth-order valence-corrected chi connectivity index (χ4v) is 2.88. The quantitative estimate of drug-likeness (QED) is 0.846. The molecule has 0 saturated carbocycles. The van der Waals surface area contributed by atoms with E-state index in [1.807, 2.05) is 24.3 Å². The minimum atomic E-state index is -0.302. The van der Waals surface area contributed by atoms with Gasteiger partial charge in [-0.15, -0.1) is 0 Å². The van der Waals surface area contributed by atoms with Gasteiger partial charge < -0.3 is 9.64 Å². The molecule has 0 aliphatic carbocycles. The predicted molar refractivity (Wildman–Crippen MR) is 95.5 cm³/mol. The maximum absolute atomic E-state index is 12.0. The summed E-state index contributed by atoms with van der Waals surface area (Å²) < 4.78 is 5.08. The molecule has 0 aliphatic heterocycles. The molecule has 0 aliphatic rings. The van der Waals surface area contributed by atoms with Gasteiger partial charge in [0, 0.05) is 20.2 Å². The number of carbonyl (C=O) groups excluding carboxylic acids is 2. The molecule has 0 unspecified atom stereocenters. The van der Waals surface area contributed by atoms with Crippen molar-refractivity contribution in [3.05, 3.63) is 46.5 Å². The third-order valence-corrected chi connectivity index (χ3v) is 4.23. The van der Waals surface area contributed by atoms with E-state index in [9.17, 15) is 9.59 Å². The van der Waals surface area contributed by atoms with Crippen molar-refractivity contribution in [3.63, 3.8) is 0 Å². The highest BCUT2D eigenvalue weighted by Crippen LogP contribution is 2.23. The number of nitrogens with zero attached hydrogens (tertiary/aromatic N) is 2. The lowest BCUT2D eigenvalue weighted by molar-refractivity contribution is -0.111.